The molecule has 0 saturated carbocycles. The molecule has 0 heterocycles. The molecule has 160 valence electrons. The molecule has 0 radical (unpaired) electrons. The highest BCUT2D eigenvalue weighted by atomic mass is 19.4. The van der Waals surface area contributed by atoms with Gasteiger partial charge in [0.1, 0.15) is 17.7 Å². The molecule has 0 aromatic heterocycles. The Morgan fingerprint density at radius 2 is 1.52 bits per heavy atom. The van der Waals surface area contributed by atoms with Gasteiger partial charge in [-0.25, -0.2) is 4.39 Å². The normalized spacial score (nSPS) is 12.3. The zero-order valence-corrected chi connectivity index (χ0v) is 16.2. The zero-order valence-electron chi connectivity index (χ0n) is 16.2. The third kappa shape index (κ3) is 5.35. The van der Waals surface area contributed by atoms with E-state index in [2.05, 4.69) is 4.74 Å². The Kier molecular flexibility index (Phi) is 6.50. The molecule has 31 heavy (non-hydrogen) atoms. The van der Waals surface area contributed by atoms with E-state index in [0.717, 1.165) is 24.3 Å². The SMILES string of the molecule is COC(c1ccc(OC(F)(F)F)cc1)c1ccc(F)cc1C(=O)C(=O)c1ccccc1. The highest BCUT2D eigenvalue weighted by molar-refractivity contribution is 6.49. The summed E-state index contributed by atoms with van der Waals surface area (Å²) in [7, 11) is 1.32. The molecule has 0 N–H and O–H groups in total. The predicted molar refractivity (Wildman–Crippen MR) is 103 cm³/mol. The van der Waals surface area contributed by atoms with Gasteiger partial charge in [-0.1, -0.05) is 48.5 Å². The van der Waals surface area contributed by atoms with E-state index in [1.54, 1.807) is 18.2 Å². The van der Waals surface area contributed by atoms with Crippen molar-refractivity contribution in [1.82, 2.24) is 0 Å². The van der Waals surface area contributed by atoms with Crippen molar-refractivity contribution < 1.29 is 36.6 Å². The van der Waals surface area contributed by atoms with E-state index >= 15 is 0 Å². The van der Waals surface area contributed by atoms with Crippen LogP contribution in [0.1, 0.15) is 37.9 Å². The fourth-order valence-corrected chi connectivity index (χ4v) is 3.08. The maximum atomic E-state index is 13.9. The van der Waals surface area contributed by atoms with Crippen LogP contribution in [0.5, 0.6) is 5.75 Å². The molecule has 1 unspecified atom stereocenters. The number of carbonyl (C=O) groups is 2. The van der Waals surface area contributed by atoms with Crippen molar-refractivity contribution in [2.45, 2.75) is 12.5 Å². The molecule has 8 heteroatoms. The summed E-state index contributed by atoms with van der Waals surface area (Å²) in [5.41, 5.74) is 0.522. The molecule has 3 aromatic rings. The van der Waals surface area contributed by atoms with Crippen molar-refractivity contribution in [1.29, 1.82) is 0 Å². The number of hydrogen-bond donors (Lipinski definition) is 0. The number of carbonyl (C=O) groups excluding carboxylic acids is 2. The summed E-state index contributed by atoms with van der Waals surface area (Å²) in [5, 5.41) is 0. The van der Waals surface area contributed by atoms with Crippen LogP contribution >= 0.6 is 0 Å². The molecule has 0 amide bonds. The van der Waals surface area contributed by atoms with Crippen LogP contribution in [-0.2, 0) is 4.74 Å². The predicted octanol–water partition coefficient (Wildman–Crippen LogP) is 5.53. The number of halogens is 4. The van der Waals surface area contributed by atoms with Crippen molar-refractivity contribution in [3.05, 3.63) is 101 Å². The second-order valence-electron chi connectivity index (χ2n) is 6.49. The average Bonchev–Trinajstić information content (AvgIpc) is 2.75. The standard InChI is InChI=1S/C23H16F4O4/c1-30-22(15-7-10-17(11-8-15)31-23(25,26)27)18-12-9-16(24)13-19(18)21(29)20(28)14-5-3-2-4-6-14/h2-13,22H,1H3. The summed E-state index contributed by atoms with van der Waals surface area (Å²) < 4.78 is 60.3. The lowest BCUT2D eigenvalue weighted by molar-refractivity contribution is -0.274. The summed E-state index contributed by atoms with van der Waals surface area (Å²) in [4.78, 5) is 25.5. The third-order valence-corrected chi connectivity index (χ3v) is 4.44. The van der Waals surface area contributed by atoms with E-state index in [1.165, 1.54) is 37.4 Å². The Bertz CT molecular complexity index is 1080. The highest BCUT2D eigenvalue weighted by Gasteiger charge is 2.31. The van der Waals surface area contributed by atoms with Crippen LogP contribution in [0.3, 0.4) is 0 Å². The maximum absolute atomic E-state index is 13.9. The van der Waals surface area contributed by atoms with E-state index in [-0.39, 0.29) is 16.7 Å². The number of alkyl halides is 3. The van der Waals surface area contributed by atoms with Gasteiger partial charge in [-0.05, 0) is 35.4 Å². The minimum absolute atomic E-state index is 0.144. The number of rotatable bonds is 7. The molecular weight excluding hydrogens is 416 g/mol. The molecule has 0 aliphatic rings. The minimum Gasteiger partial charge on any atom is -0.406 e. The van der Waals surface area contributed by atoms with Crippen LogP contribution in [0, 0.1) is 5.82 Å². The fraction of sp³-hybridized carbons (Fsp3) is 0.130. The largest absolute Gasteiger partial charge is 0.573 e. The van der Waals surface area contributed by atoms with E-state index in [0.29, 0.717) is 5.56 Å². The first kappa shape index (κ1) is 22.2. The zero-order chi connectivity index (χ0) is 22.6. The Balaban J connectivity index is 1.97. The Morgan fingerprint density at radius 1 is 0.871 bits per heavy atom. The minimum atomic E-state index is -4.84. The monoisotopic (exact) mass is 432 g/mol. The highest BCUT2D eigenvalue weighted by Crippen LogP contribution is 2.31. The molecule has 0 saturated heterocycles. The van der Waals surface area contributed by atoms with Gasteiger partial charge in [0, 0.05) is 18.2 Å². The fourth-order valence-electron chi connectivity index (χ4n) is 3.08. The molecule has 0 fully saturated rings. The lowest BCUT2D eigenvalue weighted by Gasteiger charge is -2.20. The lowest BCUT2D eigenvalue weighted by atomic mass is 9.91. The molecule has 0 aliphatic carbocycles. The van der Waals surface area contributed by atoms with Crippen LogP contribution in [-0.4, -0.2) is 25.0 Å². The molecule has 3 aromatic carbocycles. The van der Waals surface area contributed by atoms with Crippen LogP contribution in [0.15, 0.2) is 72.8 Å². The van der Waals surface area contributed by atoms with E-state index in [1.807, 2.05) is 0 Å². The van der Waals surface area contributed by atoms with Crippen molar-refractivity contribution in [3.63, 3.8) is 0 Å². The summed E-state index contributed by atoms with van der Waals surface area (Å²) in [5.74, 6) is -2.91. The van der Waals surface area contributed by atoms with Crippen LogP contribution in [0.4, 0.5) is 17.6 Å². The van der Waals surface area contributed by atoms with Gasteiger partial charge in [0.25, 0.3) is 0 Å². The molecule has 0 spiro atoms. The van der Waals surface area contributed by atoms with Crippen molar-refractivity contribution in [2.75, 3.05) is 7.11 Å². The van der Waals surface area contributed by atoms with Crippen molar-refractivity contribution >= 4 is 11.6 Å². The number of ketones is 2. The molecule has 1 atom stereocenters. The second-order valence-corrected chi connectivity index (χ2v) is 6.49. The van der Waals surface area contributed by atoms with E-state index in [4.69, 9.17) is 4.74 Å². The smallest absolute Gasteiger partial charge is 0.406 e. The van der Waals surface area contributed by atoms with Gasteiger partial charge in [-0.3, -0.25) is 9.59 Å². The van der Waals surface area contributed by atoms with Crippen molar-refractivity contribution in [2.24, 2.45) is 0 Å². The van der Waals surface area contributed by atoms with Gasteiger partial charge in [0.05, 0.1) is 0 Å². The number of Topliss-reactive ketones (excluding diaryl/α,β-unsaturated/α-hetero) is 2. The third-order valence-electron chi connectivity index (χ3n) is 4.44. The summed E-state index contributed by atoms with van der Waals surface area (Å²) in [6.45, 7) is 0. The Morgan fingerprint density at radius 3 is 2.10 bits per heavy atom. The number of hydrogen-bond acceptors (Lipinski definition) is 4. The average molecular weight is 432 g/mol. The quantitative estimate of drug-likeness (QED) is 0.280. The van der Waals surface area contributed by atoms with Gasteiger partial charge in [-0.2, -0.15) is 0 Å². The van der Waals surface area contributed by atoms with Gasteiger partial charge in [0.2, 0.25) is 11.6 Å². The summed E-state index contributed by atoms with van der Waals surface area (Å²) >= 11 is 0. The first-order valence-corrected chi connectivity index (χ1v) is 9.01. The molecule has 0 bridgehead atoms. The van der Waals surface area contributed by atoms with Crippen LogP contribution < -0.4 is 4.74 Å². The van der Waals surface area contributed by atoms with Crippen LogP contribution in [0.25, 0.3) is 0 Å². The number of ether oxygens (including phenoxy) is 2. The van der Waals surface area contributed by atoms with E-state index < -0.39 is 35.6 Å². The number of benzene rings is 3. The Labute approximate surface area is 175 Å². The Hall–Kier alpha value is -3.52. The van der Waals surface area contributed by atoms with E-state index in [9.17, 15) is 27.2 Å². The van der Waals surface area contributed by atoms with Crippen molar-refractivity contribution in [3.8, 4) is 5.75 Å². The molecule has 4 nitrogen and oxygen atoms in total. The maximum Gasteiger partial charge on any atom is 0.573 e. The number of methoxy groups -OCH3 is 1. The first-order valence-electron chi connectivity index (χ1n) is 9.01. The van der Waals surface area contributed by atoms with Gasteiger partial charge in [0.15, 0.2) is 0 Å². The first-order chi connectivity index (χ1) is 14.7. The molecule has 0 aliphatic heterocycles. The summed E-state index contributed by atoms with van der Waals surface area (Å²) in [6.07, 6.45) is -5.78. The molecular formula is C23H16F4O4. The summed E-state index contributed by atoms with van der Waals surface area (Å²) in [6, 6.07) is 16.0. The topological polar surface area (TPSA) is 52.6 Å². The van der Waals surface area contributed by atoms with Crippen LogP contribution in [0.2, 0.25) is 0 Å². The lowest BCUT2D eigenvalue weighted by Crippen LogP contribution is -2.19. The van der Waals surface area contributed by atoms with Gasteiger partial charge >= 0.3 is 6.36 Å². The molecule has 3 rings (SSSR count). The van der Waals surface area contributed by atoms with Gasteiger partial charge < -0.3 is 9.47 Å². The van der Waals surface area contributed by atoms with Gasteiger partial charge in [-0.15, -0.1) is 13.2 Å². The second kappa shape index (κ2) is 9.09.